The molecule has 0 bridgehead atoms. The van der Waals surface area contributed by atoms with Gasteiger partial charge in [0.05, 0.1) is 0 Å². The third kappa shape index (κ3) is 13.7. The van der Waals surface area contributed by atoms with Crippen LogP contribution in [0.5, 0.6) is 11.5 Å². The third-order valence-electron chi connectivity index (χ3n) is 3.50. The Labute approximate surface area is 175 Å². The van der Waals surface area contributed by atoms with Crippen molar-refractivity contribution in [1.29, 1.82) is 0 Å². The van der Waals surface area contributed by atoms with E-state index in [9.17, 15) is 10.2 Å². The van der Waals surface area contributed by atoms with Crippen molar-refractivity contribution in [2.75, 3.05) is 0 Å². The first-order valence-electron chi connectivity index (χ1n) is 8.36. The maximum absolute atomic E-state index is 9.41. The van der Waals surface area contributed by atoms with E-state index in [4.69, 9.17) is 35.0 Å². The molecule has 0 saturated heterocycles. The lowest BCUT2D eigenvalue weighted by atomic mass is 9.91. The fraction of sp³-hybridized carbons (Fsp3) is 0.222. The van der Waals surface area contributed by atoms with Gasteiger partial charge in [0, 0.05) is 0 Å². The lowest BCUT2D eigenvalue weighted by Gasteiger charge is -2.14. The van der Waals surface area contributed by atoms with Gasteiger partial charge in [-0.25, -0.2) is 0 Å². The summed E-state index contributed by atoms with van der Waals surface area (Å²) < 4.78 is 63.2. The van der Waals surface area contributed by atoms with Crippen LogP contribution >= 0.6 is 0 Å². The molecule has 0 atom stereocenters. The van der Waals surface area contributed by atoms with E-state index >= 15 is 0 Å². The van der Waals surface area contributed by atoms with Crippen LogP contribution in [0, 0.1) is 0 Å². The second kappa shape index (κ2) is 12.3. The van der Waals surface area contributed by atoms with Gasteiger partial charge in [-0.15, -0.1) is 0 Å². The highest BCUT2D eigenvalue weighted by Crippen LogP contribution is 2.32. The van der Waals surface area contributed by atoms with E-state index < -0.39 is 20.8 Å². The van der Waals surface area contributed by atoms with Crippen LogP contribution in [0.4, 0.5) is 0 Å². The fourth-order valence-corrected chi connectivity index (χ4v) is 2.51. The van der Waals surface area contributed by atoms with Gasteiger partial charge in [-0.1, -0.05) is 38.1 Å². The van der Waals surface area contributed by atoms with E-state index in [1.165, 1.54) is 11.1 Å². The van der Waals surface area contributed by atoms with Crippen molar-refractivity contribution in [2.24, 2.45) is 0 Å². The summed E-state index contributed by atoms with van der Waals surface area (Å²) in [5, 5.41) is 18.8. The van der Waals surface area contributed by atoms with Crippen LogP contribution < -0.4 is 0 Å². The molecule has 0 radical (unpaired) electrons. The van der Waals surface area contributed by atoms with Gasteiger partial charge >= 0.3 is 20.8 Å². The Balaban J connectivity index is 0.000000702. The SMILES string of the molecule is CC/C(=C(/CC)c1ccc(O)cc1)c1ccc(O)cc1.O=S(=O)(O)O.O=S(=O)(O)O. The molecular formula is C18H24O10S2. The van der Waals surface area contributed by atoms with E-state index in [1.54, 1.807) is 24.3 Å². The van der Waals surface area contributed by atoms with Gasteiger partial charge in [-0.05, 0) is 59.4 Å². The molecule has 0 aromatic heterocycles. The minimum atomic E-state index is -4.67. The highest BCUT2D eigenvalue weighted by molar-refractivity contribution is 7.80. The maximum atomic E-state index is 9.41. The Morgan fingerprint density at radius 3 is 0.967 bits per heavy atom. The molecule has 30 heavy (non-hydrogen) atoms. The smallest absolute Gasteiger partial charge is 0.394 e. The summed E-state index contributed by atoms with van der Waals surface area (Å²) in [7, 11) is -9.33. The molecule has 2 aromatic rings. The Morgan fingerprint density at radius 1 is 0.600 bits per heavy atom. The summed E-state index contributed by atoms with van der Waals surface area (Å²) in [6, 6.07) is 14.7. The van der Waals surface area contributed by atoms with Crippen LogP contribution in [-0.2, 0) is 20.8 Å². The number of benzene rings is 2. The van der Waals surface area contributed by atoms with E-state index in [0.717, 1.165) is 24.0 Å². The van der Waals surface area contributed by atoms with Crippen molar-refractivity contribution >= 4 is 31.9 Å². The summed E-state index contributed by atoms with van der Waals surface area (Å²) in [4.78, 5) is 0. The lowest BCUT2D eigenvalue weighted by Crippen LogP contribution is -1.91. The monoisotopic (exact) mass is 464 g/mol. The summed E-state index contributed by atoms with van der Waals surface area (Å²) in [5.41, 5.74) is 4.82. The topological polar surface area (TPSA) is 190 Å². The van der Waals surface area contributed by atoms with Gasteiger partial charge in [0.25, 0.3) is 0 Å². The van der Waals surface area contributed by atoms with Crippen molar-refractivity contribution < 1.29 is 45.3 Å². The van der Waals surface area contributed by atoms with Gasteiger partial charge in [-0.2, -0.15) is 16.8 Å². The lowest BCUT2D eigenvalue weighted by molar-refractivity contribution is 0.378. The van der Waals surface area contributed by atoms with Crippen molar-refractivity contribution in [3.8, 4) is 11.5 Å². The molecule has 2 rings (SSSR count). The van der Waals surface area contributed by atoms with Gasteiger partial charge in [0.15, 0.2) is 0 Å². The van der Waals surface area contributed by atoms with Crippen LogP contribution in [0.25, 0.3) is 11.1 Å². The maximum Gasteiger partial charge on any atom is 0.394 e. The first kappa shape index (κ1) is 27.5. The highest BCUT2D eigenvalue weighted by Gasteiger charge is 2.09. The fourth-order valence-electron chi connectivity index (χ4n) is 2.51. The van der Waals surface area contributed by atoms with E-state index in [-0.39, 0.29) is 11.5 Å². The normalized spacial score (nSPS) is 11.9. The van der Waals surface area contributed by atoms with E-state index in [2.05, 4.69) is 13.8 Å². The summed E-state index contributed by atoms with van der Waals surface area (Å²) in [6.07, 6.45) is 1.85. The van der Waals surface area contributed by atoms with Crippen LogP contribution in [0.1, 0.15) is 37.8 Å². The minimum absolute atomic E-state index is 0.284. The number of hydrogen-bond acceptors (Lipinski definition) is 6. The first-order chi connectivity index (χ1) is 13.7. The molecular weight excluding hydrogens is 440 g/mol. The third-order valence-corrected chi connectivity index (χ3v) is 3.50. The molecule has 0 heterocycles. The molecule has 0 amide bonds. The van der Waals surface area contributed by atoms with Crippen LogP contribution in [0.2, 0.25) is 0 Å². The molecule has 0 unspecified atom stereocenters. The Morgan fingerprint density at radius 2 is 0.800 bits per heavy atom. The largest absolute Gasteiger partial charge is 0.508 e. The molecule has 6 N–H and O–H groups in total. The molecule has 2 aromatic carbocycles. The average Bonchev–Trinajstić information content (AvgIpc) is 2.59. The standard InChI is InChI=1S/C18H20O2.2H2O4S/c1-3-17(13-5-9-15(19)10-6-13)18(4-2)14-7-11-16(20)12-8-14;2*1-5(2,3)4/h5-12,19-20H,3-4H2,1-2H3;2*(H2,1,2,3,4)/b18-17+;;. The van der Waals surface area contributed by atoms with Crippen LogP contribution in [0.15, 0.2) is 48.5 Å². The number of hydrogen-bond donors (Lipinski definition) is 6. The predicted octanol–water partition coefficient (Wildman–Crippen LogP) is 3.52. The number of phenols is 2. The Bertz CT molecular complexity index is 922. The van der Waals surface area contributed by atoms with Gasteiger partial charge in [-0.3, -0.25) is 18.2 Å². The summed E-state index contributed by atoms with van der Waals surface area (Å²) in [5.74, 6) is 0.568. The van der Waals surface area contributed by atoms with E-state index in [1.807, 2.05) is 24.3 Å². The van der Waals surface area contributed by atoms with Crippen molar-refractivity contribution in [3.05, 3.63) is 59.7 Å². The Hall–Kier alpha value is -2.48. The molecule has 168 valence electrons. The zero-order chi connectivity index (χ0) is 23.5. The van der Waals surface area contributed by atoms with Crippen LogP contribution in [0.3, 0.4) is 0 Å². The number of phenolic OH excluding ortho intramolecular Hbond substituents is 2. The first-order valence-corrected chi connectivity index (χ1v) is 11.2. The molecule has 12 heteroatoms. The van der Waals surface area contributed by atoms with Gasteiger partial charge in [0.1, 0.15) is 11.5 Å². The number of allylic oxidation sites excluding steroid dienone is 2. The zero-order valence-corrected chi connectivity index (χ0v) is 17.8. The molecule has 10 nitrogen and oxygen atoms in total. The zero-order valence-electron chi connectivity index (χ0n) is 16.2. The molecule has 0 fully saturated rings. The number of aromatic hydroxyl groups is 2. The van der Waals surface area contributed by atoms with Crippen molar-refractivity contribution in [1.82, 2.24) is 0 Å². The van der Waals surface area contributed by atoms with Crippen molar-refractivity contribution in [3.63, 3.8) is 0 Å². The Kier molecular flexibility index (Phi) is 11.3. The number of rotatable bonds is 4. The summed E-state index contributed by atoms with van der Waals surface area (Å²) in [6.45, 7) is 4.27. The average molecular weight is 465 g/mol. The van der Waals surface area contributed by atoms with Crippen molar-refractivity contribution in [2.45, 2.75) is 26.7 Å². The minimum Gasteiger partial charge on any atom is -0.508 e. The molecule has 0 saturated carbocycles. The molecule has 0 spiro atoms. The highest BCUT2D eigenvalue weighted by atomic mass is 32.3. The summed E-state index contributed by atoms with van der Waals surface area (Å²) >= 11 is 0. The molecule has 0 aliphatic rings. The second-order valence-corrected chi connectivity index (χ2v) is 7.44. The van der Waals surface area contributed by atoms with Crippen LogP contribution in [-0.4, -0.2) is 45.3 Å². The molecule has 0 aliphatic heterocycles. The van der Waals surface area contributed by atoms with E-state index in [0.29, 0.717) is 0 Å². The second-order valence-electron chi connectivity index (χ2n) is 5.65. The predicted molar refractivity (Wildman–Crippen MR) is 112 cm³/mol. The quantitative estimate of drug-likeness (QED) is 0.288. The van der Waals surface area contributed by atoms with Gasteiger partial charge in [0.2, 0.25) is 0 Å². The van der Waals surface area contributed by atoms with Gasteiger partial charge < -0.3 is 10.2 Å². The molecule has 0 aliphatic carbocycles.